The number of fused-ring (bicyclic) bond motifs is 1. The molecule has 0 radical (unpaired) electrons. The molecule has 2 aromatic carbocycles. The predicted octanol–water partition coefficient (Wildman–Crippen LogP) is 3.73. The molecule has 1 saturated carbocycles. The van der Waals surface area contributed by atoms with Gasteiger partial charge in [-0.25, -0.2) is 4.39 Å². The average Bonchev–Trinajstić information content (AvgIpc) is 3.10. The Morgan fingerprint density at radius 1 is 1.21 bits per heavy atom. The summed E-state index contributed by atoms with van der Waals surface area (Å²) in [6.07, 6.45) is 4.39. The van der Waals surface area contributed by atoms with Crippen molar-refractivity contribution >= 4 is 16.8 Å². The number of benzene rings is 2. The fourth-order valence-corrected chi connectivity index (χ4v) is 4.02. The van der Waals surface area contributed by atoms with Gasteiger partial charge in [0.25, 0.3) is 5.91 Å². The SMILES string of the molecule is N#Cc1ccc(Cn2cc(C(=O)NC3CCCCC3O)c3c(F)cccc32)cc1. The molecular weight excluding hydrogens is 369 g/mol. The zero-order valence-corrected chi connectivity index (χ0v) is 15.9. The molecule has 29 heavy (non-hydrogen) atoms. The molecule has 5 nitrogen and oxygen atoms in total. The standard InChI is InChI=1S/C23H22FN3O2/c24-18-4-3-6-20-22(18)17(23(29)26-19-5-1-2-7-21(19)28)14-27(20)13-16-10-8-15(12-25)9-11-16/h3-4,6,8-11,14,19,21,28H,1-2,5,7,13H2,(H,26,29). The number of nitrogens with zero attached hydrogens (tertiary/aromatic N) is 2. The summed E-state index contributed by atoms with van der Waals surface area (Å²) in [5.74, 6) is -0.819. The van der Waals surface area contributed by atoms with E-state index >= 15 is 0 Å². The molecule has 2 unspecified atom stereocenters. The van der Waals surface area contributed by atoms with Gasteiger partial charge in [0.05, 0.1) is 34.9 Å². The van der Waals surface area contributed by atoms with Crippen LogP contribution in [0, 0.1) is 17.1 Å². The van der Waals surface area contributed by atoms with Gasteiger partial charge in [-0.05, 0) is 42.7 Å². The maximum atomic E-state index is 14.6. The Kier molecular flexibility index (Phi) is 5.32. The Hall–Kier alpha value is -3.17. The fourth-order valence-electron chi connectivity index (χ4n) is 4.02. The molecule has 0 spiro atoms. The van der Waals surface area contributed by atoms with Crippen molar-refractivity contribution in [3.8, 4) is 6.07 Å². The summed E-state index contributed by atoms with van der Waals surface area (Å²) < 4.78 is 16.5. The second-order valence-corrected chi connectivity index (χ2v) is 7.55. The highest BCUT2D eigenvalue weighted by molar-refractivity contribution is 6.07. The number of aliphatic hydroxyl groups excluding tert-OH is 1. The van der Waals surface area contributed by atoms with Crippen molar-refractivity contribution in [1.82, 2.24) is 9.88 Å². The lowest BCUT2D eigenvalue weighted by Gasteiger charge is -2.28. The van der Waals surface area contributed by atoms with Gasteiger partial charge in [0.1, 0.15) is 5.82 Å². The van der Waals surface area contributed by atoms with E-state index in [1.807, 2.05) is 16.7 Å². The first-order chi connectivity index (χ1) is 14.1. The van der Waals surface area contributed by atoms with Gasteiger partial charge in [-0.2, -0.15) is 5.26 Å². The largest absolute Gasteiger partial charge is 0.391 e. The van der Waals surface area contributed by atoms with E-state index in [1.165, 1.54) is 6.07 Å². The summed E-state index contributed by atoms with van der Waals surface area (Å²) in [4.78, 5) is 12.9. The number of rotatable bonds is 4. The van der Waals surface area contributed by atoms with Crippen LogP contribution in [-0.4, -0.2) is 27.7 Å². The first-order valence-corrected chi connectivity index (χ1v) is 9.82. The lowest BCUT2D eigenvalue weighted by atomic mass is 9.92. The van der Waals surface area contributed by atoms with E-state index in [1.54, 1.807) is 30.5 Å². The Bertz CT molecular complexity index is 1080. The number of nitriles is 1. The van der Waals surface area contributed by atoms with Crippen LogP contribution in [0.15, 0.2) is 48.7 Å². The van der Waals surface area contributed by atoms with Crippen molar-refractivity contribution in [3.63, 3.8) is 0 Å². The van der Waals surface area contributed by atoms with E-state index in [0.29, 0.717) is 24.0 Å². The normalized spacial score (nSPS) is 19.1. The van der Waals surface area contributed by atoms with Crippen LogP contribution in [-0.2, 0) is 6.54 Å². The van der Waals surface area contributed by atoms with Gasteiger partial charge in [-0.15, -0.1) is 0 Å². The van der Waals surface area contributed by atoms with Gasteiger partial charge < -0.3 is 15.0 Å². The molecule has 1 aromatic heterocycles. The first kappa shape index (κ1) is 19.2. The molecule has 0 bridgehead atoms. The molecule has 1 amide bonds. The van der Waals surface area contributed by atoms with Crippen LogP contribution in [0.5, 0.6) is 0 Å². The third kappa shape index (κ3) is 3.87. The lowest BCUT2D eigenvalue weighted by molar-refractivity contribution is 0.0718. The van der Waals surface area contributed by atoms with Gasteiger partial charge in [-0.1, -0.05) is 31.0 Å². The predicted molar refractivity (Wildman–Crippen MR) is 108 cm³/mol. The van der Waals surface area contributed by atoms with E-state index in [0.717, 1.165) is 24.8 Å². The Morgan fingerprint density at radius 2 is 1.97 bits per heavy atom. The lowest BCUT2D eigenvalue weighted by Crippen LogP contribution is -2.45. The van der Waals surface area contributed by atoms with Crippen LogP contribution in [0.1, 0.15) is 47.2 Å². The quantitative estimate of drug-likeness (QED) is 0.711. The van der Waals surface area contributed by atoms with Gasteiger partial charge in [0, 0.05) is 18.1 Å². The molecule has 1 aliphatic rings. The minimum Gasteiger partial charge on any atom is -0.391 e. The molecule has 3 aromatic rings. The maximum Gasteiger partial charge on any atom is 0.253 e. The summed E-state index contributed by atoms with van der Waals surface area (Å²) in [7, 11) is 0. The molecule has 4 rings (SSSR count). The molecule has 2 atom stereocenters. The van der Waals surface area contributed by atoms with Crippen LogP contribution in [0.2, 0.25) is 0 Å². The Labute approximate surface area is 168 Å². The summed E-state index contributed by atoms with van der Waals surface area (Å²) >= 11 is 0. The smallest absolute Gasteiger partial charge is 0.253 e. The minimum atomic E-state index is -0.565. The van der Waals surface area contributed by atoms with Crippen LogP contribution in [0.3, 0.4) is 0 Å². The number of amides is 1. The van der Waals surface area contributed by atoms with Crippen LogP contribution in [0.4, 0.5) is 4.39 Å². The van der Waals surface area contributed by atoms with E-state index in [4.69, 9.17) is 5.26 Å². The zero-order valence-electron chi connectivity index (χ0n) is 15.9. The monoisotopic (exact) mass is 391 g/mol. The molecular formula is C23H22FN3O2. The maximum absolute atomic E-state index is 14.6. The van der Waals surface area contributed by atoms with Crippen molar-refractivity contribution < 1.29 is 14.3 Å². The number of hydrogen-bond donors (Lipinski definition) is 2. The highest BCUT2D eigenvalue weighted by atomic mass is 19.1. The molecule has 1 aliphatic carbocycles. The van der Waals surface area contributed by atoms with Crippen molar-refractivity contribution in [3.05, 3.63) is 71.2 Å². The van der Waals surface area contributed by atoms with Crippen molar-refractivity contribution in [2.24, 2.45) is 0 Å². The van der Waals surface area contributed by atoms with E-state index in [-0.39, 0.29) is 22.9 Å². The van der Waals surface area contributed by atoms with Crippen LogP contribution >= 0.6 is 0 Å². The van der Waals surface area contributed by atoms with E-state index in [2.05, 4.69) is 11.4 Å². The molecule has 1 fully saturated rings. The molecule has 148 valence electrons. The second-order valence-electron chi connectivity index (χ2n) is 7.55. The van der Waals surface area contributed by atoms with Gasteiger partial charge >= 0.3 is 0 Å². The highest BCUT2D eigenvalue weighted by Crippen LogP contribution is 2.26. The van der Waals surface area contributed by atoms with E-state index in [9.17, 15) is 14.3 Å². The number of aliphatic hydroxyl groups is 1. The minimum absolute atomic E-state index is 0.268. The van der Waals surface area contributed by atoms with Gasteiger partial charge in [0.2, 0.25) is 0 Å². The summed E-state index contributed by atoms with van der Waals surface area (Å²) in [6, 6.07) is 13.7. The topological polar surface area (TPSA) is 78.0 Å². The fraction of sp³-hybridized carbons (Fsp3) is 0.304. The number of hydrogen-bond acceptors (Lipinski definition) is 3. The van der Waals surface area contributed by atoms with Crippen molar-refractivity contribution in [2.75, 3.05) is 0 Å². The first-order valence-electron chi connectivity index (χ1n) is 9.82. The van der Waals surface area contributed by atoms with Crippen LogP contribution in [0.25, 0.3) is 10.9 Å². The third-order valence-electron chi connectivity index (χ3n) is 5.58. The number of halogens is 1. The molecule has 0 saturated heterocycles. The molecule has 1 heterocycles. The van der Waals surface area contributed by atoms with E-state index < -0.39 is 11.9 Å². The molecule has 2 N–H and O–H groups in total. The highest BCUT2D eigenvalue weighted by Gasteiger charge is 2.27. The summed E-state index contributed by atoms with van der Waals surface area (Å²) in [5.41, 5.74) is 2.41. The Morgan fingerprint density at radius 3 is 2.69 bits per heavy atom. The summed E-state index contributed by atoms with van der Waals surface area (Å²) in [5, 5.41) is 22.3. The molecule has 0 aliphatic heterocycles. The second kappa shape index (κ2) is 8.06. The number of nitrogens with one attached hydrogen (secondary N) is 1. The van der Waals surface area contributed by atoms with Gasteiger partial charge in [-0.3, -0.25) is 4.79 Å². The number of carbonyl (C=O) groups excluding carboxylic acids is 1. The third-order valence-corrected chi connectivity index (χ3v) is 5.58. The zero-order chi connectivity index (χ0) is 20.4. The molecule has 6 heteroatoms. The Balaban J connectivity index is 1.67. The van der Waals surface area contributed by atoms with Crippen molar-refractivity contribution in [2.45, 2.75) is 44.4 Å². The summed E-state index contributed by atoms with van der Waals surface area (Å²) in [6.45, 7) is 0.449. The van der Waals surface area contributed by atoms with Crippen LogP contribution < -0.4 is 5.32 Å². The number of aromatic nitrogens is 1. The number of carbonyl (C=O) groups is 1. The average molecular weight is 391 g/mol. The van der Waals surface area contributed by atoms with Gasteiger partial charge in [0.15, 0.2) is 0 Å². The van der Waals surface area contributed by atoms with Crippen molar-refractivity contribution in [1.29, 1.82) is 5.26 Å².